The Labute approximate surface area is 177 Å². The van der Waals surface area contributed by atoms with E-state index < -0.39 is 0 Å². The number of pyridine rings is 1. The summed E-state index contributed by atoms with van der Waals surface area (Å²) in [7, 11) is 0. The van der Waals surface area contributed by atoms with Crippen LogP contribution in [-0.2, 0) is 0 Å². The summed E-state index contributed by atoms with van der Waals surface area (Å²) in [5.41, 5.74) is 8.47. The highest BCUT2D eigenvalue weighted by Crippen LogP contribution is 2.30. The molecule has 0 radical (unpaired) electrons. The Morgan fingerprint density at radius 2 is 1.53 bits per heavy atom. The molecule has 0 spiro atoms. The molecule has 0 saturated carbocycles. The fourth-order valence-electron chi connectivity index (χ4n) is 3.71. The Morgan fingerprint density at radius 1 is 0.800 bits per heavy atom. The van der Waals surface area contributed by atoms with E-state index in [1.54, 1.807) is 0 Å². The van der Waals surface area contributed by atoms with Gasteiger partial charge in [0.05, 0.1) is 16.8 Å². The summed E-state index contributed by atoms with van der Waals surface area (Å²) in [6.45, 7) is 10.1. The van der Waals surface area contributed by atoms with Crippen LogP contribution in [0.2, 0.25) is 0 Å². The number of carbonyl (C=O) groups excluding carboxylic acids is 1. The number of fused-ring (bicyclic) bond motifs is 1. The summed E-state index contributed by atoms with van der Waals surface area (Å²) in [4.78, 5) is 18.2. The molecule has 3 heteroatoms. The minimum Gasteiger partial charge on any atom is -0.423 e. The summed E-state index contributed by atoms with van der Waals surface area (Å²) >= 11 is 0. The van der Waals surface area contributed by atoms with Gasteiger partial charge in [-0.3, -0.25) is 0 Å². The summed E-state index contributed by atoms with van der Waals surface area (Å²) in [5, 5.41) is 0.818. The van der Waals surface area contributed by atoms with Crippen LogP contribution >= 0.6 is 0 Å². The zero-order chi connectivity index (χ0) is 21.4. The predicted octanol–water partition coefficient (Wildman–Crippen LogP) is 6.66. The zero-order valence-corrected chi connectivity index (χ0v) is 18.0. The number of nitrogens with zero attached hydrogens (tertiary/aromatic N) is 1. The van der Waals surface area contributed by atoms with Crippen LogP contribution in [0, 0.1) is 34.6 Å². The van der Waals surface area contributed by atoms with Gasteiger partial charge in [-0.15, -0.1) is 0 Å². The minimum atomic E-state index is -0.366. The molecular formula is C27H25NO2. The monoisotopic (exact) mass is 395 g/mol. The van der Waals surface area contributed by atoms with Gasteiger partial charge in [0, 0.05) is 10.9 Å². The number of aromatic nitrogens is 1. The van der Waals surface area contributed by atoms with Gasteiger partial charge in [-0.2, -0.15) is 0 Å². The molecule has 0 atom stereocenters. The van der Waals surface area contributed by atoms with E-state index in [0.717, 1.165) is 44.4 Å². The van der Waals surface area contributed by atoms with Gasteiger partial charge >= 0.3 is 5.97 Å². The molecule has 0 saturated heterocycles. The first-order chi connectivity index (χ1) is 14.3. The van der Waals surface area contributed by atoms with E-state index in [1.807, 2.05) is 70.2 Å². The van der Waals surface area contributed by atoms with Gasteiger partial charge in [0.15, 0.2) is 0 Å². The van der Waals surface area contributed by atoms with Crippen molar-refractivity contribution in [3.05, 3.63) is 94.0 Å². The van der Waals surface area contributed by atoms with Crippen molar-refractivity contribution in [2.24, 2.45) is 0 Å². The third-order valence-corrected chi connectivity index (χ3v) is 5.57. The minimum absolute atomic E-state index is 0.366. The second-order valence-corrected chi connectivity index (χ2v) is 7.99. The van der Waals surface area contributed by atoms with E-state index in [4.69, 9.17) is 9.72 Å². The second-order valence-electron chi connectivity index (χ2n) is 7.99. The molecule has 0 unspecified atom stereocenters. The maximum absolute atomic E-state index is 13.3. The van der Waals surface area contributed by atoms with Crippen molar-refractivity contribution in [1.29, 1.82) is 0 Å². The fourth-order valence-corrected chi connectivity index (χ4v) is 3.71. The van der Waals surface area contributed by atoms with Crippen molar-refractivity contribution in [2.75, 3.05) is 0 Å². The van der Waals surface area contributed by atoms with Crippen LogP contribution in [0.15, 0.2) is 60.7 Å². The molecule has 1 aromatic heterocycles. The predicted molar refractivity (Wildman–Crippen MR) is 122 cm³/mol. The highest BCUT2D eigenvalue weighted by atomic mass is 16.5. The standard InChI is InChI=1S/C27H25NO2/c1-16-9-11-21(12-10-16)24-15-23(22-14-17(2)13-19(4)26(22)28-24)27(29)30-25-8-6-7-18(3)20(25)5/h6-15H,1-5H3. The molecule has 30 heavy (non-hydrogen) atoms. The van der Waals surface area contributed by atoms with Crippen molar-refractivity contribution in [3.8, 4) is 17.0 Å². The van der Waals surface area contributed by atoms with Crippen LogP contribution in [-0.4, -0.2) is 11.0 Å². The molecule has 4 aromatic rings. The Hall–Kier alpha value is -3.46. The molecule has 0 fully saturated rings. The molecular weight excluding hydrogens is 370 g/mol. The van der Waals surface area contributed by atoms with Gasteiger partial charge in [-0.25, -0.2) is 9.78 Å². The quantitative estimate of drug-likeness (QED) is 0.287. The summed E-state index contributed by atoms with van der Waals surface area (Å²) in [6.07, 6.45) is 0. The van der Waals surface area contributed by atoms with E-state index in [0.29, 0.717) is 11.3 Å². The number of ether oxygens (including phenoxy) is 1. The normalized spacial score (nSPS) is 11.0. The topological polar surface area (TPSA) is 39.2 Å². The highest BCUT2D eigenvalue weighted by molar-refractivity contribution is 6.06. The first-order valence-corrected chi connectivity index (χ1v) is 10.1. The van der Waals surface area contributed by atoms with Gasteiger partial charge < -0.3 is 4.74 Å². The Bertz CT molecular complexity index is 1270. The number of rotatable bonds is 3. The van der Waals surface area contributed by atoms with E-state index in [1.165, 1.54) is 5.56 Å². The smallest absolute Gasteiger partial charge is 0.344 e. The molecule has 150 valence electrons. The summed E-state index contributed by atoms with van der Waals surface area (Å²) < 4.78 is 5.84. The molecule has 0 N–H and O–H groups in total. The van der Waals surface area contributed by atoms with Crippen molar-refractivity contribution >= 4 is 16.9 Å². The SMILES string of the molecule is Cc1ccc(-c2cc(C(=O)Oc3cccc(C)c3C)c3cc(C)cc(C)c3n2)cc1. The Balaban J connectivity index is 1.89. The second kappa shape index (κ2) is 7.75. The molecule has 0 aliphatic rings. The third-order valence-electron chi connectivity index (χ3n) is 5.57. The number of hydrogen-bond acceptors (Lipinski definition) is 3. The zero-order valence-electron chi connectivity index (χ0n) is 18.0. The van der Waals surface area contributed by atoms with Gasteiger partial charge in [0.2, 0.25) is 0 Å². The number of carbonyl (C=O) groups is 1. The number of aryl methyl sites for hydroxylation is 4. The van der Waals surface area contributed by atoms with Crippen LogP contribution in [0.1, 0.15) is 38.2 Å². The molecule has 4 rings (SSSR count). The molecule has 0 amide bonds. The van der Waals surface area contributed by atoms with E-state index in [9.17, 15) is 4.79 Å². The van der Waals surface area contributed by atoms with E-state index in [2.05, 4.69) is 25.1 Å². The average molecular weight is 396 g/mol. The largest absolute Gasteiger partial charge is 0.423 e. The van der Waals surface area contributed by atoms with Gasteiger partial charge in [0.25, 0.3) is 0 Å². The van der Waals surface area contributed by atoms with Crippen LogP contribution in [0.25, 0.3) is 22.2 Å². The number of benzene rings is 3. The van der Waals surface area contributed by atoms with Gasteiger partial charge in [-0.1, -0.05) is 53.6 Å². The van der Waals surface area contributed by atoms with Gasteiger partial charge in [-0.05, 0) is 69.5 Å². The molecule has 3 aromatic carbocycles. The first kappa shape index (κ1) is 19.8. The number of esters is 1. The molecule has 3 nitrogen and oxygen atoms in total. The van der Waals surface area contributed by atoms with Crippen molar-refractivity contribution < 1.29 is 9.53 Å². The average Bonchev–Trinajstić information content (AvgIpc) is 2.71. The van der Waals surface area contributed by atoms with Crippen LogP contribution < -0.4 is 4.74 Å². The van der Waals surface area contributed by atoms with Crippen LogP contribution in [0.3, 0.4) is 0 Å². The van der Waals surface area contributed by atoms with Gasteiger partial charge in [0.1, 0.15) is 5.75 Å². The van der Waals surface area contributed by atoms with Crippen LogP contribution in [0.4, 0.5) is 0 Å². The van der Waals surface area contributed by atoms with E-state index >= 15 is 0 Å². The maximum atomic E-state index is 13.3. The lowest BCUT2D eigenvalue weighted by Gasteiger charge is -2.14. The lowest BCUT2D eigenvalue weighted by atomic mass is 9.99. The number of hydrogen-bond donors (Lipinski definition) is 0. The summed E-state index contributed by atoms with van der Waals surface area (Å²) in [6, 6.07) is 19.9. The fraction of sp³-hybridized carbons (Fsp3) is 0.185. The van der Waals surface area contributed by atoms with Crippen molar-refractivity contribution in [1.82, 2.24) is 4.98 Å². The Kier molecular flexibility index (Phi) is 5.13. The van der Waals surface area contributed by atoms with E-state index in [-0.39, 0.29) is 5.97 Å². The highest BCUT2D eigenvalue weighted by Gasteiger charge is 2.18. The first-order valence-electron chi connectivity index (χ1n) is 10.1. The summed E-state index contributed by atoms with van der Waals surface area (Å²) in [5.74, 6) is 0.223. The molecule has 0 bridgehead atoms. The lowest BCUT2D eigenvalue weighted by Crippen LogP contribution is -2.11. The third kappa shape index (κ3) is 3.71. The van der Waals surface area contributed by atoms with Crippen molar-refractivity contribution in [3.63, 3.8) is 0 Å². The molecule has 1 heterocycles. The molecule has 0 aliphatic heterocycles. The molecule has 0 aliphatic carbocycles. The Morgan fingerprint density at radius 3 is 2.27 bits per heavy atom. The maximum Gasteiger partial charge on any atom is 0.344 e. The van der Waals surface area contributed by atoms with Crippen LogP contribution in [0.5, 0.6) is 5.75 Å². The van der Waals surface area contributed by atoms with Crippen molar-refractivity contribution in [2.45, 2.75) is 34.6 Å². The lowest BCUT2D eigenvalue weighted by molar-refractivity contribution is 0.0735.